The third kappa shape index (κ3) is 3.81. The van der Waals surface area contributed by atoms with E-state index < -0.39 is 0 Å². The lowest BCUT2D eigenvalue weighted by Gasteiger charge is -2.33. The van der Waals surface area contributed by atoms with Crippen molar-refractivity contribution in [1.29, 1.82) is 0 Å². The molecular weight excluding hydrogens is 428 g/mol. The predicted molar refractivity (Wildman–Crippen MR) is 123 cm³/mol. The minimum atomic E-state index is -0.118. The number of hydrogen-bond acceptors (Lipinski definition) is 3. The monoisotopic (exact) mass is 452 g/mol. The van der Waals surface area contributed by atoms with Gasteiger partial charge in [-0.2, -0.15) is 0 Å². The molecule has 1 saturated carbocycles. The fraction of sp³-hybridized carbons (Fsp3) is 0.375. The van der Waals surface area contributed by atoms with Crippen molar-refractivity contribution < 1.29 is 14.4 Å². The highest BCUT2D eigenvalue weighted by molar-refractivity contribution is 6.33. The molecular formula is C24H25ClN4O3. The molecule has 1 atom stereocenters. The Balaban J connectivity index is 1.18. The largest absolute Gasteiger partial charge is 0.339 e. The van der Waals surface area contributed by atoms with Crippen LogP contribution in [0, 0.1) is 11.3 Å². The van der Waals surface area contributed by atoms with E-state index in [1.165, 1.54) is 0 Å². The number of carbonyl (C=O) groups excluding carboxylic acids is 3. The summed E-state index contributed by atoms with van der Waals surface area (Å²) in [5.74, 6) is -0.0763. The van der Waals surface area contributed by atoms with Gasteiger partial charge in [0.05, 0.1) is 10.6 Å². The highest BCUT2D eigenvalue weighted by atomic mass is 35.5. The summed E-state index contributed by atoms with van der Waals surface area (Å²) in [7, 11) is 0. The van der Waals surface area contributed by atoms with Gasteiger partial charge in [0.25, 0.3) is 5.91 Å². The highest BCUT2D eigenvalue weighted by Crippen LogP contribution is 2.59. The van der Waals surface area contributed by atoms with Gasteiger partial charge in [-0.3, -0.25) is 14.5 Å². The van der Waals surface area contributed by atoms with E-state index in [1.54, 1.807) is 17.0 Å². The van der Waals surface area contributed by atoms with Gasteiger partial charge in [-0.25, -0.2) is 4.79 Å². The minimum absolute atomic E-state index is 0.0129. The molecule has 0 unspecified atom stereocenters. The minimum Gasteiger partial charge on any atom is -0.339 e. The number of amides is 4. The topological polar surface area (TPSA) is 81.8 Å². The van der Waals surface area contributed by atoms with Crippen LogP contribution in [0.1, 0.15) is 29.6 Å². The molecule has 166 valence electrons. The first-order valence-electron chi connectivity index (χ1n) is 11.0. The van der Waals surface area contributed by atoms with Gasteiger partial charge in [-0.15, -0.1) is 0 Å². The summed E-state index contributed by atoms with van der Waals surface area (Å²) in [6.07, 6.45) is 2.48. The Morgan fingerprint density at radius 1 is 1.06 bits per heavy atom. The van der Waals surface area contributed by atoms with E-state index in [0.717, 1.165) is 24.9 Å². The number of urea groups is 1. The standard InChI is InChI=1S/C24H25ClN4O3/c25-20-7-2-1-6-18(20)22(31)28-11-8-24(9-12-28)15-19(24)21(30)27-16-4-3-5-17(14-16)29-13-10-26-23(29)32/h1-7,14,19H,8-13,15H2,(H,26,32)(H,27,30)/t19-/m1/s1. The second kappa shape index (κ2) is 8.13. The van der Waals surface area contributed by atoms with Crippen molar-refractivity contribution >= 4 is 40.8 Å². The summed E-state index contributed by atoms with van der Waals surface area (Å²) in [4.78, 5) is 41.1. The van der Waals surface area contributed by atoms with Gasteiger partial charge in [0, 0.05) is 43.5 Å². The summed E-state index contributed by atoms with van der Waals surface area (Å²) in [6.45, 7) is 2.50. The second-order valence-electron chi connectivity index (χ2n) is 8.81. The molecule has 4 amide bonds. The van der Waals surface area contributed by atoms with E-state index in [4.69, 9.17) is 11.6 Å². The van der Waals surface area contributed by atoms with Crippen LogP contribution in [0.25, 0.3) is 0 Å². The first kappa shape index (κ1) is 20.8. The Hall–Kier alpha value is -3.06. The zero-order chi connectivity index (χ0) is 22.3. The molecule has 2 heterocycles. The van der Waals surface area contributed by atoms with Crippen molar-refractivity contribution in [3.05, 3.63) is 59.1 Å². The number of rotatable bonds is 4. The van der Waals surface area contributed by atoms with Crippen LogP contribution < -0.4 is 15.5 Å². The maximum atomic E-state index is 12.9. The summed E-state index contributed by atoms with van der Waals surface area (Å²) >= 11 is 6.18. The van der Waals surface area contributed by atoms with Gasteiger partial charge in [-0.05, 0) is 55.0 Å². The summed E-state index contributed by atoms with van der Waals surface area (Å²) in [6, 6.07) is 14.4. The predicted octanol–water partition coefficient (Wildman–Crippen LogP) is 3.75. The SMILES string of the molecule is O=C(Nc1cccc(N2CCNC2=O)c1)[C@H]1CC12CCN(C(=O)c1ccccc1Cl)CC2. The Kier molecular flexibility index (Phi) is 5.29. The van der Waals surface area contributed by atoms with Crippen LogP contribution in [0.5, 0.6) is 0 Å². The molecule has 2 aliphatic heterocycles. The molecule has 8 heteroatoms. The molecule has 2 aromatic rings. The van der Waals surface area contributed by atoms with E-state index in [1.807, 2.05) is 41.3 Å². The van der Waals surface area contributed by atoms with E-state index in [9.17, 15) is 14.4 Å². The first-order valence-corrected chi connectivity index (χ1v) is 11.3. The van der Waals surface area contributed by atoms with Gasteiger partial charge in [0.15, 0.2) is 0 Å². The molecule has 5 rings (SSSR count). The molecule has 2 N–H and O–H groups in total. The number of nitrogens with zero attached hydrogens (tertiary/aromatic N) is 2. The first-order chi connectivity index (χ1) is 15.5. The number of halogens is 1. The number of anilines is 2. The van der Waals surface area contributed by atoms with E-state index in [2.05, 4.69) is 10.6 Å². The van der Waals surface area contributed by atoms with E-state index >= 15 is 0 Å². The zero-order valence-corrected chi connectivity index (χ0v) is 18.4. The van der Waals surface area contributed by atoms with Crippen molar-refractivity contribution in [3.8, 4) is 0 Å². The normalized spacial score (nSPS) is 21.4. The van der Waals surface area contributed by atoms with E-state index in [-0.39, 0.29) is 29.2 Å². The average Bonchev–Trinajstić information content (AvgIpc) is 3.32. The fourth-order valence-corrected chi connectivity index (χ4v) is 5.15. The molecule has 3 fully saturated rings. The lowest BCUT2D eigenvalue weighted by atomic mass is 9.90. The van der Waals surface area contributed by atoms with Crippen molar-refractivity contribution in [2.75, 3.05) is 36.4 Å². The number of carbonyl (C=O) groups is 3. The summed E-state index contributed by atoms with van der Waals surface area (Å²) in [5.41, 5.74) is 1.98. The Bertz CT molecular complexity index is 1080. The van der Waals surface area contributed by atoms with Crippen molar-refractivity contribution in [2.45, 2.75) is 19.3 Å². The molecule has 2 saturated heterocycles. The van der Waals surface area contributed by atoms with Crippen LogP contribution in [-0.2, 0) is 4.79 Å². The third-order valence-corrected chi connectivity index (χ3v) is 7.27. The van der Waals surface area contributed by atoms with Crippen LogP contribution in [0.4, 0.5) is 16.2 Å². The van der Waals surface area contributed by atoms with Gasteiger partial charge in [-0.1, -0.05) is 29.8 Å². The van der Waals surface area contributed by atoms with E-state index in [0.29, 0.717) is 42.5 Å². The zero-order valence-electron chi connectivity index (χ0n) is 17.6. The van der Waals surface area contributed by atoms with Gasteiger partial charge in [0.2, 0.25) is 5.91 Å². The smallest absolute Gasteiger partial charge is 0.321 e. The Morgan fingerprint density at radius 3 is 2.56 bits per heavy atom. The molecule has 0 aromatic heterocycles. The van der Waals surface area contributed by atoms with Gasteiger partial charge >= 0.3 is 6.03 Å². The summed E-state index contributed by atoms with van der Waals surface area (Å²) in [5, 5.41) is 6.28. The van der Waals surface area contributed by atoms with Crippen molar-refractivity contribution in [3.63, 3.8) is 0 Å². The van der Waals surface area contributed by atoms with Crippen molar-refractivity contribution in [2.24, 2.45) is 11.3 Å². The Labute approximate surface area is 191 Å². The number of likely N-dealkylation sites (tertiary alicyclic amines) is 1. The molecule has 7 nitrogen and oxygen atoms in total. The van der Waals surface area contributed by atoms with Crippen LogP contribution in [0.3, 0.4) is 0 Å². The molecule has 32 heavy (non-hydrogen) atoms. The summed E-state index contributed by atoms with van der Waals surface area (Å²) < 4.78 is 0. The lowest BCUT2D eigenvalue weighted by molar-refractivity contribution is -0.118. The van der Waals surface area contributed by atoms with Crippen LogP contribution in [0.15, 0.2) is 48.5 Å². The molecule has 0 radical (unpaired) electrons. The van der Waals surface area contributed by atoms with Crippen LogP contribution in [-0.4, -0.2) is 48.9 Å². The number of nitrogens with one attached hydrogen (secondary N) is 2. The van der Waals surface area contributed by atoms with Gasteiger partial charge < -0.3 is 15.5 Å². The quantitative estimate of drug-likeness (QED) is 0.741. The fourth-order valence-electron chi connectivity index (χ4n) is 4.93. The maximum Gasteiger partial charge on any atom is 0.321 e. The highest BCUT2D eigenvalue weighted by Gasteiger charge is 2.58. The number of hydrogen-bond donors (Lipinski definition) is 2. The Morgan fingerprint density at radius 2 is 1.84 bits per heavy atom. The van der Waals surface area contributed by atoms with Gasteiger partial charge in [0.1, 0.15) is 0 Å². The number of piperidine rings is 1. The molecule has 1 aliphatic carbocycles. The third-order valence-electron chi connectivity index (χ3n) is 6.94. The molecule has 2 aromatic carbocycles. The number of benzene rings is 2. The molecule has 1 spiro atoms. The van der Waals surface area contributed by atoms with Crippen LogP contribution in [0.2, 0.25) is 5.02 Å². The van der Waals surface area contributed by atoms with Crippen molar-refractivity contribution in [1.82, 2.24) is 10.2 Å². The average molecular weight is 453 g/mol. The lowest BCUT2D eigenvalue weighted by Crippen LogP contribution is -2.40. The molecule has 0 bridgehead atoms. The second-order valence-corrected chi connectivity index (χ2v) is 9.22. The van der Waals surface area contributed by atoms with Crippen LogP contribution >= 0.6 is 11.6 Å². The molecule has 3 aliphatic rings. The maximum absolute atomic E-state index is 12.9.